The second-order valence-corrected chi connectivity index (χ2v) is 7.95. The lowest BCUT2D eigenvalue weighted by Crippen LogP contribution is -2.20. The molecule has 7 heteroatoms. The van der Waals surface area contributed by atoms with Gasteiger partial charge in [-0.3, -0.25) is 4.79 Å². The molecule has 0 saturated heterocycles. The number of carbonyl (C=O) groups excluding carboxylic acids is 1. The molecule has 1 atom stereocenters. The normalized spacial score (nSPS) is 15.0. The zero-order chi connectivity index (χ0) is 21.0. The van der Waals surface area contributed by atoms with Crippen LogP contribution in [0.15, 0.2) is 58.6 Å². The Balaban J connectivity index is 1.97. The zero-order valence-electron chi connectivity index (χ0n) is 15.9. The van der Waals surface area contributed by atoms with Crippen LogP contribution < -0.4 is 11.1 Å². The lowest BCUT2D eigenvalue weighted by atomic mass is 9.96. The highest BCUT2D eigenvalue weighted by atomic mass is 32.2. The first-order chi connectivity index (χ1) is 13.9. The van der Waals surface area contributed by atoms with Crippen LogP contribution in [-0.4, -0.2) is 11.5 Å². The van der Waals surface area contributed by atoms with Crippen molar-refractivity contribution in [2.75, 3.05) is 11.1 Å². The van der Waals surface area contributed by atoms with Gasteiger partial charge in [0.15, 0.2) is 5.78 Å². The lowest BCUT2D eigenvalue weighted by molar-refractivity contribution is -0.115. The molecular weight excluding hydrogens is 392 g/mol. The van der Waals surface area contributed by atoms with E-state index in [1.54, 1.807) is 42.1 Å². The smallest absolute Gasteiger partial charge is 0.263 e. The third-order valence-electron chi connectivity index (χ3n) is 4.75. The molecule has 0 bridgehead atoms. The largest absolute Gasteiger partial charge is 0.358 e. The van der Waals surface area contributed by atoms with Crippen LogP contribution in [0.5, 0.6) is 0 Å². The topological polar surface area (TPSA) is 78.9 Å². The van der Waals surface area contributed by atoms with Gasteiger partial charge in [0.1, 0.15) is 0 Å². The summed E-state index contributed by atoms with van der Waals surface area (Å²) in [6, 6.07) is 12.7. The van der Waals surface area contributed by atoms with E-state index in [0.29, 0.717) is 35.4 Å². The Morgan fingerprint density at radius 1 is 1.24 bits per heavy atom. The Hall–Kier alpha value is -2.69. The van der Waals surface area contributed by atoms with Crippen molar-refractivity contribution in [3.8, 4) is 6.07 Å². The fourth-order valence-electron chi connectivity index (χ4n) is 3.39. The van der Waals surface area contributed by atoms with E-state index in [-0.39, 0.29) is 11.3 Å². The maximum Gasteiger partial charge on any atom is 0.263 e. The molecule has 2 aromatic carbocycles. The summed E-state index contributed by atoms with van der Waals surface area (Å²) < 4.78 is 26.0. The van der Waals surface area contributed by atoms with Crippen molar-refractivity contribution in [1.29, 1.82) is 5.26 Å². The van der Waals surface area contributed by atoms with Gasteiger partial charge in [-0.05, 0) is 42.0 Å². The van der Waals surface area contributed by atoms with Gasteiger partial charge in [0, 0.05) is 33.8 Å². The summed E-state index contributed by atoms with van der Waals surface area (Å²) in [5.41, 5.74) is 9.36. The van der Waals surface area contributed by atoms with Gasteiger partial charge in [0.05, 0.1) is 17.7 Å². The number of alkyl halides is 2. The van der Waals surface area contributed by atoms with Crippen LogP contribution in [0.4, 0.5) is 14.5 Å². The van der Waals surface area contributed by atoms with Crippen molar-refractivity contribution in [2.24, 2.45) is 5.73 Å². The monoisotopic (exact) mass is 413 g/mol. The van der Waals surface area contributed by atoms with Crippen molar-refractivity contribution in [3.63, 3.8) is 0 Å². The molecule has 0 amide bonds. The molecule has 150 valence electrons. The number of carbonyl (C=O) groups is 1. The quantitative estimate of drug-likeness (QED) is 0.599. The molecule has 0 fully saturated rings. The number of thioether (sulfide) groups is 1. The molecule has 1 aliphatic carbocycles. The number of hydrogen-bond donors (Lipinski definition) is 2. The number of Topliss-reactive ketones (excluding diaryl/α,β-unsaturated/α-hetero) is 1. The van der Waals surface area contributed by atoms with Crippen molar-refractivity contribution in [1.82, 2.24) is 0 Å². The Morgan fingerprint density at radius 2 is 2.03 bits per heavy atom. The number of nitriles is 1. The number of benzene rings is 2. The maximum absolute atomic E-state index is 13.0. The molecule has 0 saturated carbocycles. The van der Waals surface area contributed by atoms with E-state index in [2.05, 4.69) is 11.4 Å². The molecule has 0 aromatic heterocycles. The molecule has 2 aromatic rings. The lowest BCUT2D eigenvalue weighted by Gasteiger charge is -2.19. The van der Waals surface area contributed by atoms with Gasteiger partial charge in [-0.25, -0.2) is 8.78 Å². The second kappa shape index (κ2) is 9.21. The van der Waals surface area contributed by atoms with E-state index >= 15 is 0 Å². The van der Waals surface area contributed by atoms with Crippen LogP contribution in [-0.2, 0) is 4.79 Å². The Bertz CT molecular complexity index is 998. The minimum absolute atomic E-state index is 0.0539. The highest BCUT2D eigenvalue weighted by Crippen LogP contribution is 2.37. The summed E-state index contributed by atoms with van der Waals surface area (Å²) in [7, 11) is 0. The molecule has 4 nitrogen and oxygen atoms in total. The van der Waals surface area contributed by atoms with E-state index in [0.717, 1.165) is 16.2 Å². The molecule has 0 radical (unpaired) electrons. The summed E-state index contributed by atoms with van der Waals surface area (Å²) in [6.07, 6.45) is -1.76. The van der Waals surface area contributed by atoms with Gasteiger partial charge in [0.25, 0.3) is 6.43 Å². The molecule has 3 N–H and O–H groups in total. The zero-order valence-corrected chi connectivity index (χ0v) is 16.7. The summed E-state index contributed by atoms with van der Waals surface area (Å²) in [5, 5.41) is 12.3. The Labute approximate surface area is 172 Å². The molecule has 0 heterocycles. The number of ketones is 1. The number of nitrogens with two attached hydrogens (primary N) is 1. The molecule has 29 heavy (non-hydrogen) atoms. The average molecular weight is 413 g/mol. The first-order valence-corrected chi connectivity index (χ1v) is 10.3. The average Bonchev–Trinajstić information content (AvgIpc) is 3.07. The van der Waals surface area contributed by atoms with Crippen LogP contribution in [0.3, 0.4) is 0 Å². The molecule has 0 aliphatic heterocycles. The van der Waals surface area contributed by atoms with E-state index in [1.807, 2.05) is 6.92 Å². The van der Waals surface area contributed by atoms with E-state index in [9.17, 15) is 13.6 Å². The van der Waals surface area contributed by atoms with Gasteiger partial charge >= 0.3 is 0 Å². The highest BCUT2D eigenvalue weighted by molar-refractivity contribution is 7.99. The van der Waals surface area contributed by atoms with Crippen molar-refractivity contribution in [2.45, 2.75) is 37.1 Å². The minimum atomic E-state index is -2.56. The van der Waals surface area contributed by atoms with Gasteiger partial charge in [-0.1, -0.05) is 25.1 Å². The van der Waals surface area contributed by atoms with Gasteiger partial charge < -0.3 is 11.1 Å². The van der Waals surface area contributed by atoms with Crippen LogP contribution in [0.2, 0.25) is 0 Å². The Kier molecular flexibility index (Phi) is 6.68. The van der Waals surface area contributed by atoms with Gasteiger partial charge in [-0.15, -0.1) is 11.8 Å². The van der Waals surface area contributed by atoms with E-state index < -0.39 is 12.5 Å². The maximum atomic E-state index is 13.0. The number of rotatable bonds is 7. The van der Waals surface area contributed by atoms with Crippen molar-refractivity contribution < 1.29 is 13.6 Å². The Morgan fingerprint density at radius 3 is 2.72 bits per heavy atom. The predicted molar refractivity (Wildman–Crippen MR) is 111 cm³/mol. The third kappa shape index (κ3) is 4.66. The summed E-state index contributed by atoms with van der Waals surface area (Å²) >= 11 is 1.56. The molecule has 3 rings (SSSR count). The molecular formula is C22H21F2N3OS. The van der Waals surface area contributed by atoms with Crippen LogP contribution in [0.25, 0.3) is 0 Å². The first-order valence-electron chi connectivity index (χ1n) is 9.28. The van der Waals surface area contributed by atoms with E-state index in [1.165, 1.54) is 12.1 Å². The summed E-state index contributed by atoms with van der Waals surface area (Å²) in [6.45, 7) is 2.00. The second-order valence-electron chi connectivity index (χ2n) is 6.64. The van der Waals surface area contributed by atoms with Crippen LogP contribution in [0.1, 0.15) is 48.9 Å². The summed E-state index contributed by atoms with van der Waals surface area (Å²) in [5.74, 6) is 0.745. The van der Waals surface area contributed by atoms with Crippen molar-refractivity contribution >= 4 is 23.2 Å². The number of halogens is 2. The predicted octanol–water partition coefficient (Wildman–Crippen LogP) is 5.34. The van der Waals surface area contributed by atoms with Gasteiger partial charge in [-0.2, -0.15) is 5.26 Å². The fourth-order valence-corrected chi connectivity index (χ4v) is 4.27. The number of allylic oxidation sites excluding steroid dienone is 1. The molecule has 1 aliphatic rings. The van der Waals surface area contributed by atoms with Crippen LogP contribution >= 0.6 is 11.8 Å². The molecule has 0 spiro atoms. The van der Waals surface area contributed by atoms with Crippen LogP contribution in [0, 0.1) is 11.3 Å². The molecule has 1 unspecified atom stereocenters. The number of anilines is 1. The van der Waals surface area contributed by atoms with Crippen molar-refractivity contribution in [3.05, 3.63) is 70.4 Å². The van der Waals surface area contributed by atoms with Gasteiger partial charge in [0.2, 0.25) is 0 Å². The standard InChI is InChI=1S/C22H21F2N3OS/c1-2-29-19-10-13(12-25)6-7-16(19)21(26)20-17(8-9-18(20)28)27-15-5-3-4-14(11-15)22(23)24/h3-7,10-11,21-22,27H,2,8-9,26H2,1H3. The SMILES string of the molecule is CCSc1cc(C#N)ccc1C(N)C1=C(Nc2cccc(C(F)F)c2)CCC1=O. The number of nitrogens with one attached hydrogen (secondary N) is 1. The first kappa shape index (κ1) is 21.0. The number of hydrogen-bond acceptors (Lipinski definition) is 5. The highest BCUT2D eigenvalue weighted by Gasteiger charge is 2.30. The third-order valence-corrected chi connectivity index (χ3v) is 5.70. The number of nitrogens with zero attached hydrogens (tertiary/aromatic N) is 1. The minimum Gasteiger partial charge on any atom is -0.358 e. The fraction of sp³-hybridized carbons (Fsp3) is 0.273. The summed E-state index contributed by atoms with van der Waals surface area (Å²) in [4.78, 5) is 13.5. The van der Waals surface area contributed by atoms with E-state index in [4.69, 9.17) is 11.0 Å².